The summed E-state index contributed by atoms with van der Waals surface area (Å²) in [7, 11) is 2.03. The molecule has 0 bridgehead atoms. The molecular weight excluding hydrogens is 458 g/mol. The third-order valence-corrected chi connectivity index (χ3v) is 5.93. The normalized spacial score (nSPS) is 22.5. The summed E-state index contributed by atoms with van der Waals surface area (Å²) in [6, 6.07) is 7.92. The Morgan fingerprint density at radius 1 is 1.22 bits per heavy atom. The molecule has 1 N–H and O–H groups in total. The number of benzene rings is 1. The van der Waals surface area contributed by atoms with Gasteiger partial charge in [-0.3, -0.25) is 9.79 Å². The van der Waals surface area contributed by atoms with Gasteiger partial charge in [-0.25, -0.2) is 0 Å². The fraction of sp³-hybridized carbons (Fsp3) is 0.375. The quantitative estimate of drug-likeness (QED) is 0.263. The number of nitrogens with one attached hydrogen (secondary N) is 1. The summed E-state index contributed by atoms with van der Waals surface area (Å²) in [5.41, 5.74) is 3.86. The average molecular weight is 500 g/mol. The van der Waals surface area contributed by atoms with Crippen molar-refractivity contribution in [2.24, 2.45) is 10.4 Å². The van der Waals surface area contributed by atoms with Crippen molar-refractivity contribution in [3.05, 3.63) is 89.6 Å². The molecule has 0 spiro atoms. The van der Waals surface area contributed by atoms with Crippen molar-refractivity contribution in [2.45, 2.75) is 59.9 Å². The Morgan fingerprint density at radius 2 is 1.92 bits per heavy atom. The van der Waals surface area contributed by atoms with E-state index in [1.54, 1.807) is 19.3 Å². The van der Waals surface area contributed by atoms with Crippen LogP contribution < -0.4 is 10.1 Å². The molecule has 0 aromatic heterocycles. The van der Waals surface area contributed by atoms with Crippen LogP contribution in [-0.2, 0) is 4.79 Å². The molecule has 1 aliphatic heterocycles. The van der Waals surface area contributed by atoms with Crippen LogP contribution in [0.25, 0.3) is 0 Å². The first-order valence-electron chi connectivity index (χ1n) is 12.7. The maximum Gasteiger partial charge on any atom is 0.163 e. The van der Waals surface area contributed by atoms with Crippen molar-refractivity contribution in [1.29, 1.82) is 0 Å². The summed E-state index contributed by atoms with van der Waals surface area (Å²) in [6.45, 7) is 10.5. The average Bonchev–Trinajstić information content (AvgIpc) is 2.85. The van der Waals surface area contributed by atoms with Gasteiger partial charge in [0, 0.05) is 49.3 Å². The van der Waals surface area contributed by atoms with Crippen molar-refractivity contribution < 1.29 is 9.53 Å². The smallest absolute Gasteiger partial charge is 0.163 e. The maximum atomic E-state index is 13.5. The summed E-state index contributed by atoms with van der Waals surface area (Å²) in [6.07, 6.45) is 22.4. The van der Waals surface area contributed by atoms with Crippen LogP contribution in [0.4, 0.5) is 0 Å². The number of allylic oxidation sites excluding steroid dienone is 6. The van der Waals surface area contributed by atoms with Gasteiger partial charge in [-0.15, -0.1) is 12.3 Å². The van der Waals surface area contributed by atoms with Gasteiger partial charge in [0.15, 0.2) is 5.78 Å². The first-order valence-corrected chi connectivity index (χ1v) is 12.7. The van der Waals surface area contributed by atoms with Crippen molar-refractivity contribution in [2.75, 3.05) is 13.7 Å². The number of carbonyl (C=O) groups excluding carboxylic acids is 1. The molecule has 5 nitrogen and oxygen atoms in total. The van der Waals surface area contributed by atoms with E-state index in [1.807, 2.05) is 69.6 Å². The zero-order valence-electron chi connectivity index (χ0n) is 23.1. The number of rotatable bonds is 6. The lowest BCUT2D eigenvalue weighted by atomic mass is 9.73. The second kappa shape index (κ2) is 14.7. The maximum absolute atomic E-state index is 13.5. The third kappa shape index (κ3) is 9.31. The summed E-state index contributed by atoms with van der Waals surface area (Å²) in [4.78, 5) is 19.7. The molecule has 37 heavy (non-hydrogen) atoms. The number of likely N-dealkylation sites (N-methyl/N-ethyl adjacent to an activating group) is 1. The van der Waals surface area contributed by atoms with Gasteiger partial charge in [0.1, 0.15) is 5.75 Å². The van der Waals surface area contributed by atoms with Crippen molar-refractivity contribution >= 4 is 12.0 Å². The highest BCUT2D eigenvalue weighted by Gasteiger charge is 2.38. The van der Waals surface area contributed by atoms with Crippen LogP contribution in [-0.4, -0.2) is 30.6 Å². The Labute approximate surface area is 223 Å². The number of ketones is 1. The Morgan fingerprint density at radius 3 is 2.59 bits per heavy atom. The van der Waals surface area contributed by atoms with E-state index in [0.29, 0.717) is 13.0 Å². The molecule has 1 aliphatic carbocycles. The first kappa shape index (κ1) is 29.5. The fourth-order valence-electron chi connectivity index (χ4n) is 4.40. The van der Waals surface area contributed by atoms with Crippen molar-refractivity contribution in [3.63, 3.8) is 0 Å². The van der Waals surface area contributed by atoms with Gasteiger partial charge < -0.3 is 15.0 Å². The number of ether oxygens (including phenoxy) is 1. The monoisotopic (exact) mass is 499 g/mol. The second-order valence-corrected chi connectivity index (χ2v) is 9.89. The second-order valence-electron chi connectivity index (χ2n) is 9.89. The van der Waals surface area contributed by atoms with Crippen LogP contribution in [0.2, 0.25) is 0 Å². The third-order valence-electron chi connectivity index (χ3n) is 5.93. The highest BCUT2D eigenvalue weighted by Crippen LogP contribution is 2.42. The molecule has 0 amide bonds. The van der Waals surface area contributed by atoms with E-state index >= 15 is 0 Å². The van der Waals surface area contributed by atoms with E-state index in [-0.39, 0.29) is 17.2 Å². The summed E-state index contributed by atoms with van der Waals surface area (Å²) < 4.78 is 5.88. The van der Waals surface area contributed by atoms with E-state index in [1.165, 1.54) is 0 Å². The molecule has 1 aromatic rings. The SMILES string of the molecule is C#CC.CC=N/C=C\CCOc1ccc(C2C3=C(CC(C)(C)CC3=O)N/C(C)=C/C=C\C=C\N2C)cc1. The Hall–Kier alpha value is -3.78. The lowest BCUT2D eigenvalue weighted by Crippen LogP contribution is -2.36. The van der Waals surface area contributed by atoms with Gasteiger partial charge in [-0.05, 0) is 68.7 Å². The molecule has 196 valence electrons. The standard InChI is InChI=1S/C29H37N3O2.C3H4/c1-6-30-17-9-11-19-34-24-15-13-23(14-16-24)28-27-25(20-29(3,4)21-26(27)33)31-22(2)12-8-7-10-18-32(28)5;1-3-2/h6-10,12-18,28,31H,11,19-21H2,1-5H3;1H,2H3/b8-7-,17-9-,18-10+,22-12+,30-6?;. The van der Waals surface area contributed by atoms with E-state index in [4.69, 9.17) is 4.74 Å². The molecule has 0 saturated carbocycles. The van der Waals surface area contributed by atoms with Crippen LogP contribution in [0.15, 0.2) is 89.0 Å². The highest BCUT2D eigenvalue weighted by molar-refractivity contribution is 5.99. The molecular formula is C32H41N3O2. The lowest BCUT2D eigenvalue weighted by molar-refractivity contribution is -0.118. The van der Waals surface area contributed by atoms with Crippen LogP contribution in [0.1, 0.15) is 65.5 Å². The largest absolute Gasteiger partial charge is 0.493 e. The number of terminal acetylenes is 1. The molecule has 5 heteroatoms. The molecule has 0 fully saturated rings. The zero-order valence-corrected chi connectivity index (χ0v) is 23.1. The predicted molar refractivity (Wildman–Crippen MR) is 155 cm³/mol. The van der Waals surface area contributed by atoms with Gasteiger partial charge in [0.25, 0.3) is 0 Å². The van der Waals surface area contributed by atoms with Gasteiger partial charge in [-0.1, -0.05) is 44.2 Å². The molecule has 0 radical (unpaired) electrons. The van der Waals surface area contributed by atoms with Crippen molar-refractivity contribution in [1.82, 2.24) is 10.2 Å². The van der Waals surface area contributed by atoms with E-state index in [9.17, 15) is 4.79 Å². The van der Waals surface area contributed by atoms with Gasteiger partial charge >= 0.3 is 0 Å². The topological polar surface area (TPSA) is 53.9 Å². The molecule has 1 unspecified atom stereocenters. The van der Waals surface area contributed by atoms with E-state index in [2.05, 4.69) is 53.5 Å². The molecule has 1 heterocycles. The van der Waals surface area contributed by atoms with Crippen LogP contribution in [0.3, 0.4) is 0 Å². The summed E-state index contributed by atoms with van der Waals surface area (Å²) in [5, 5.41) is 3.56. The minimum atomic E-state index is -0.189. The number of nitrogens with zero attached hydrogens (tertiary/aromatic N) is 2. The Kier molecular flexibility index (Phi) is 11.7. The molecule has 0 saturated heterocycles. The fourth-order valence-corrected chi connectivity index (χ4v) is 4.40. The Bertz CT molecular complexity index is 1130. The lowest BCUT2D eigenvalue weighted by Gasteiger charge is -2.38. The zero-order chi connectivity index (χ0) is 27.3. The van der Waals surface area contributed by atoms with Crippen LogP contribution in [0.5, 0.6) is 5.75 Å². The molecule has 1 atom stereocenters. The molecule has 1 aromatic carbocycles. The minimum Gasteiger partial charge on any atom is -0.493 e. The van der Waals surface area contributed by atoms with E-state index in [0.717, 1.165) is 41.1 Å². The highest BCUT2D eigenvalue weighted by atomic mass is 16.5. The number of aliphatic imine (C=N–C) groups is 1. The first-order chi connectivity index (χ1) is 17.7. The van der Waals surface area contributed by atoms with Gasteiger partial charge in [-0.2, -0.15) is 0 Å². The van der Waals surface area contributed by atoms with Gasteiger partial charge in [0.05, 0.1) is 12.6 Å². The predicted octanol–water partition coefficient (Wildman–Crippen LogP) is 6.89. The number of hydrogen-bond donors (Lipinski definition) is 1. The van der Waals surface area contributed by atoms with Crippen molar-refractivity contribution in [3.8, 4) is 18.1 Å². The molecule has 2 aliphatic rings. The summed E-state index contributed by atoms with van der Waals surface area (Å²) >= 11 is 0. The number of carbonyl (C=O) groups is 1. The minimum absolute atomic E-state index is 0.0766. The molecule has 3 rings (SSSR count). The van der Waals surface area contributed by atoms with Crippen LogP contribution in [0, 0.1) is 17.8 Å². The number of Topliss-reactive ketones (excluding diaryl/α,β-unsaturated/α-hetero) is 1. The number of hydrogen-bond acceptors (Lipinski definition) is 5. The van der Waals surface area contributed by atoms with Gasteiger partial charge in [0.2, 0.25) is 0 Å². The Balaban J connectivity index is 0.00000153. The summed E-state index contributed by atoms with van der Waals surface area (Å²) in [5.74, 6) is 3.27. The van der Waals surface area contributed by atoms with E-state index < -0.39 is 0 Å². The van der Waals surface area contributed by atoms with Crippen LogP contribution >= 0.6 is 0 Å².